The zero-order valence-corrected chi connectivity index (χ0v) is 12.0. The molecule has 0 radical (unpaired) electrons. The normalized spacial score (nSPS) is 24.9. The monoisotopic (exact) mass is 287 g/mol. The van der Waals surface area contributed by atoms with Crippen molar-refractivity contribution in [1.82, 2.24) is 0 Å². The van der Waals surface area contributed by atoms with Crippen molar-refractivity contribution in [1.29, 1.82) is 0 Å². The van der Waals surface area contributed by atoms with E-state index in [2.05, 4.69) is 19.2 Å². The van der Waals surface area contributed by atoms with Gasteiger partial charge in [0.25, 0.3) is 0 Å². The summed E-state index contributed by atoms with van der Waals surface area (Å²) in [6.45, 7) is 4.13. The van der Waals surface area contributed by atoms with E-state index in [9.17, 15) is 4.39 Å². The summed E-state index contributed by atoms with van der Waals surface area (Å²) in [5, 5.41) is 3.02. The molecular formula is C13H19ClFN3O. The maximum absolute atomic E-state index is 14.1. The number of nitrogens with two attached hydrogens (primary N) is 2. The van der Waals surface area contributed by atoms with Crippen LogP contribution < -0.4 is 16.8 Å². The predicted octanol–water partition coefficient (Wildman–Crippen LogP) is 2.87. The molecule has 6 heteroatoms. The summed E-state index contributed by atoms with van der Waals surface area (Å²) >= 11 is 5.81. The molecule has 5 N–H and O–H groups in total. The molecule has 1 saturated carbocycles. The summed E-state index contributed by atoms with van der Waals surface area (Å²) in [5.74, 6) is -0.601. The zero-order valence-electron chi connectivity index (χ0n) is 11.3. The third kappa shape index (κ3) is 2.21. The molecule has 1 aliphatic rings. The largest absolute Gasteiger partial charge is 0.397 e. The molecule has 1 fully saturated rings. The minimum absolute atomic E-state index is 0.0777. The number of halogens is 2. The Hall–Kier alpha value is -1.20. The van der Waals surface area contributed by atoms with E-state index < -0.39 is 5.82 Å². The second-order valence-electron chi connectivity index (χ2n) is 5.54. The molecule has 0 amide bonds. The van der Waals surface area contributed by atoms with Crippen molar-refractivity contribution >= 4 is 28.7 Å². The van der Waals surface area contributed by atoms with E-state index in [4.69, 9.17) is 27.8 Å². The molecule has 106 valence electrons. The molecule has 19 heavy (non-hydrogen) atoms. The Kier molecular flexibility index (Phi) is 3.53. The number of hydrogen-bond donors (Lipinski definition) is 3. The Morgan fingerprint density at radius 2 is 2.05 bits per heavy atom. The molecule has 0 bridgehead atoms. The van der Waals surface area contributed by atoms with Crippen LogP contribution in [0.1, 0.15) is 20.3 Å². The lowest BCUT2D eigenvalue weighted by Crippen LogP contribution is -2.57. The first-order chi connectivity index (χ1) is 8.78. The van der Waals surface area contributed by atoms with Crippen LogP contribution in [0, 0.1) is 11.2 Å². The van der Waals surface area contributed by atoms with Crippen molar-refractivity contribution in [2.75, 3.05) is 23.9 Å². The van der Waals surface area contributed by atoms with Gasteiger partial charge < -0.3 is 21.5 Å². The third-order valence-corrected chi connectivity index (χ3v) is 4.43. The summed E-state index contributed by atoms with van der Waals surface area (Å²) < 4.78 is 19.5. The van der Waals surface area contributed by atoms with Crippen LogP contribution in [0.25, 0.3) is 0 Å². The van der Waals surface area contributed by atoms with Crippen LogP contribution in [0.4, 0.5) is 21.5 Å². The molecule has 2 atom stereocenters. The van der Waals surface area contributed by atoms with Gasteiger partial charge in [-0.25, -0.2) is 4.39 Å². The van der Waals surface area contributed by atoms with Crippen LogP contribution in [0.15, 0.2) is 6.07 Å². The van der Waals surface area contributed by atoms with Crippen molar-refractivity contribution < 1.29 is 9.13 Å². The minimum atomic E-state index is -0.601. The van der Waals surface area contributed by atoms with Crippen molar-refractivity contribution in [3.05, 3.63) is 16.9 Å². The number of methoxy groups -OCH3 is 1. The Morgan fingerprint density at radius 3 is 2.58 bits per heavy atom. The highest BCUT2D eigenvalue weighted by Gasteiger charge is 2.49. The second kappa shape index (κ2) is 4.72. The van der Waals surface area contributed by atoms with Crippen LogP contribution in [-0.4, -0.2) is 19.3 Å². The number of anilines is 3. The highest BCUT2D eigenvalue weighted by Crippen LogP contribution is 2.45. The van der Waals surface area contributed by atoms with Gasteiger partial charge in [-0.15, -0.1) is 0 Å². The molecule has 4 nitrogen and oxygen atoms in total. The molecule has 0 heterocycles. The first kappa shape index (κ1) is 14.2. The van der Waals surface area contributed by atoms with Gasteiger partial charge in [0, 0.05) is 18.6 Å². The molecule has 2 rings (SSSR count). The van der Waals surface area contributed by atoms with Crippen molar-refractivity contribution in [3.63, 3.8) is 0 Å². The van der Waals surface area contributed by atoms with E-state index in [1.54, 1.807) is 7.11 Å². The van der Waals surface area contributed by atoms with E-state index in [-0.39, 0.29) is 39.6 Å². The number of ether oxygens (including phenoxy) is 1. The molecule has 1 aromatic rings. The highest BCUT2D eigenvalue weighted by molar-refractivity contribution is 6.33. The fourth-order valence-corrected chi connectivity index (χ4v) is 2.67. The minimum Gasteiger partial charge on any atom is -0.397 e. The smallest absolute Gasteiger partial charge is 0.169 e. The average molecular weight is 288 g/mol. The molecule has 1 aliphatic carbocycles. The van der Waals surface area contributed by atoms with Gasteiger partial charge in [0.15, 0.2) is 5.82 Å². The molecule has 0 saturated heterocycles. The van der Waals surface area contributed by atoms with Crippen LogP contribution in [0.5, 0.6) is 0 Å². The van der Waals surface area contributed by atoms with Gasteiger partial charge in [0.1, 0.15) is 5.02 Å². The predicted molar refractivity (Wildman–Crippen MR) is 76.8 cm³/mol. The molecular weight excluding hydrogens is 269 g/mol. The standard InChI is InChI=1S/C13H19ClFN3O/c1-13(2)8(5-9(13)19-3)18-12-7(17)4-6(16)10(14)11(12)15/h4,8-9,18H,5,16-17H2,1-3H3. The van der Waals surface area contributed by atoms with Gasteiger partial charge in [-0.2, -0.15) is 0 Å². The van der Waals surface area contributed by atoms with Gasteiger partial charge in [0.2, 0.25) is 0 Å². The van der Waals surface area contributed by atoms with Gasteiger partial charge in [-0.3, -0.25) is 0 Å². The van der Waals surface area contributed by atoms with Crippen LogP contribution in [-0.2, 0) is 4.74 Å². The van der Waals surface area contributed by atoms with Gasteiger partial charge in [-0.05, 0) is 12.5 Å². The van der Waals surface area contributed by atoms with E-state index in [1.165, 1.54) is 6.07 Å². The highest BCUT2D eigenvalue weighted by atomic mass is 35.5. The lowest BCUT2D eigenvalue weighted by atomic mass is 9.64. The fraction of sp³-hybridized carbons (Fsp3) is 0.538. The Morgan fingerprint density at radius 1 is 1.42 bits per heavy atom. The fourth-order valence-electron chi connectivity index (χ4n) is 2.52. The number of rotatable bonds is 3. The maximum Gasteiger partial charge on any atom is 0.169 e. The topological polar surface area (TPSA) is 73.3 Å². The lowest BCUT2D eigenvalue weighted by molar-refractivity contribution is -0.0795. The molecule has 1 aromatic carbocycles. The van der Waals surface area contributed by atoms with Crippen LogP contribution >= 0.6 is 11.6 Å². The number of benzene rings is 1. The van der Waals surface area contributed by atoms with E-state index in [1.807, 2.05) is 0 Å². The van der Waals surface area contributed by atoms with Gasteiger partial charge in [-0.1, -0.05) is 25.4 Å². The zero-order chi connectivity index (χ0) is 14.4. The summed E-state index contributed by atoms with van der Waals surface area (Å²) in [7, 11) is 1.68. The Bertz CT molecular complexity index is 507. The summed E-state index contributed by atoms with van der Waals surface area (Å²) in [5.41, 5.74) is 11.9. The van der Waals surface area contributed by atoms with Gasteiger partial charge in [0.05, 0.1) is 23.2 Å². The first-order valence-electron chi connectivity index (χ1n) is 6.11. The summed E-state index contributed by atoms with van der Waals surface area (Å²) in [4.78, 5) is 0. The summed E-state index contributed by atoms with van der Waals surface area (Å²) in [6.07, 6.45) is 0.947. The second-order valence-corrected chi connectivity index (χ2v) is 5.91. The Labute approximate surface area is 117 Å². The van der Waals surface area contributed by atoms with E-state index >= 15 is 0 Å². The van der Waals surface area contributed by atoms with Crippen LogP contribution in [0.3, 0.4) is 0 Å². The molecule has 0 aromatic heterocycles. The quantitative estimate of drug-likeness (QED) is 0.748. The first-order valence-corrected chi connectivity index (χ1v) is 6.49. The van der Waals surface area contributed by atoms with Crippen molar-refractivity contribution in [3.8, 4) is 0 Å². The van der Waals surface area contributed by atoms with E-state index in [0.717, 1.165) is 6.42 Å². The SMILES string of the molecule is COC1CC(Nc2c(N)cc(N)c(Cl)c2F)C1(C)C. The van der Waals surface area contributed by atoms with Crippen molar-refractivity contribution in [2.45, 2.75) is 32.4 Å². The number of hydrogen-bond acceptors (Lipinski definition) is 4. The Balaban J connectivity index is 2.24. The molecule has 0 aliphatic heterocycles. The molecule has 0 spiro atoms. The van der Waals surface area contributed by atoms with E-state index in [0.29, 0.717) is 0 Å². The number of nitrogens with one attached hydrogen (secondary N) is 1. The molecule has 2 unspecified atom stereocenters. The van der Waals surface area contributed by atoms with Crippen LogP contribution in [0.2, 0.25) is 5.02 Å². The maximum atomic E-state index is 14.1. The van der Waals surface area contributed by atoms with Crippen molar-refractivity contribution in [2.24, 2.45) is 5.41 Å². The average Bonchev–Trinajstić information content (AvgIpc) is 2.34. The lowest BCUT2D eigenvalue weighted by Gasteiger charge is -2.51. The summed E-state index contributed by atoms with van der Waals surface area (Å²) in [6, 6.07) is 1.54. The number of nitrogen functional groups attached to an aromatic ring is 2. The third-order valence-electron chi connectivity index (χ3n) is 4.05. The van der Waals surface area contributed by atoms with Gasteiger partial charge >= 0.3 is 0 Å².